The summed E-state index contributed by atoms with van der Waals surface area (Å²) in [6, 6.07) is 8.91. The number of H-pyrrole nitrogens is 1. The minimum absolute atomic E-state index is 0.0318. The molecule has 4 rings (SSSR count). The highest BCUT2D eigenvalue weighted by molar-refractivity contribution is 7.91. The number of hydrogen-bond acceptors (Lipinski definition) is 6. The summed E-state index contributed by atoms with van der Waals surface area (Å²) in [5.41, 5.74) is 2.83. The van der Waals surface area contributed by atoms with Crippen LogP contribution in [0.1, 0.15) is 26.3 Å². The molecule has 1 aromatic carbocycles. The van der Waals surface area contributed by atoms with E-state index in [-0.39, 0.29) is 17.3 Å². The number of pyridine rings is 2. The summed E-state index contributed by atoms with van der Waals surface area (Å²) in [5, 5.41) is 11.8. The Morgan fingerprint density at radius 3 is 2.65 bits per heavy atom. The third kappa shape index (κ3) is 4.13. The quantitative estimate of drug-likeness (QED) is 0.470. The van der Waals surface area contributed by atoms with Crippen molar-refractivity contribution in [2.24, 2.45) is 0 Å². The fraction of sp³-hybridized carbons (Fsp3) is 0.304. The van der Waals surface area contributed by atoms with E-state index in [4.69, 9.17) is 4.74 Å². The zero-order valence-corrected chi connectivity index (χ0v) is 18.7. The molecule has 3 heterocycles. The van der Waals surface area contributed by atoms with Crippen LogP contribution < -0.4 is 4.74 Å². The van der Waals surface area contributed by atoms with Crippen LogP contribution >= 0.6 is 0 Å². The lowest BCUT2D eigenvalue weighted by atomic mass is 10.0. The molecule has 3 aromatic heterocycles. The maximum Gasteiger partial charge on any atom is 0.238 e. The normalized spacial score (nSPS) is 12.5. The van der Waals surface area contributed by atoms with E-state index in [1.807, 2.05) is 19.1 Å². The Morgan fingerprint density at radius 2 is 1.94 bits per heavy atom. The van der Waals surface area contributed by atoms with Gasteiger partial charge in [0.1, 0.15) is 17.8 Å². The van der Waals surface area contributed by atoms with Crippen LogP contribution in [0.3, 0.4) is 0 Å². The number of fused-ring (bicyclic) bond motifs is 3. The summed E-state index contributed by atoms with van der Waals surface area (Å²) in [4.78, 5) is 12.5. The van der Waals surface area contributed by atoms with Gasteiger partial charge in [0, 0.05) is 28.7 Å². The molecule has 0 bridgehead atoms. The van der Waals surface area contributed by atoms with Gasteiger partial charge in [-0.15, -0.1) is 0 Å². The number of aliphatic hydroxyl groups is 1. The zero-order chi connectivity index (χ0) is 22.4. The molecule has 0 saturated carbocycles. The largest absolute Gasteiger partial charge is 0.473 e. The minimum Gasteiger partial charge on any atom is -0.473 e. The van der Waals surface area contributed by atoms with Gasteiger partial charge in [-0.25, -0.2) is 18.4 Å². The Morgan fingerprint density at radius 1 is 1.16 bits per heavy atom. The number of rotatable bonds is 6. The van der Waals surface area contributed by atoms with Crippen molar-refractivity contribution in [1.82, 2.24) is 15.0 Å². The summed E-state index contributed by atoms with van der Waals surface area (Å²) in [5.74, 6) is 0.387. The van der Waals surface area contributed by atoms with Crippen molar-refractivity contribution in [1.29, 1.82) is 0 Å². The monoisotopic (exact) mass is 439 g/mol. The van der Waals surface area contributed by atoms with Crippen LogP contribution in [0.15, 0.2) is 47.6 Å². The number of aromatic nitrogens is 3. The topological polar surface area (TPSA) is 105 Å². The van der Waals surface area contributed by atoms with E-state index in [2.05, 4.69) is 15.0 Å². The van der Waals surface area contributed by atoms with Crippen LogP contribution in [0.2, 0.25) is 0 Å². The fourth-order valence-corrected chi connectivity index (χ4v) is 4.39. The molecule has 0 amide bonds. The van der Waals surface area contributed by atoms with E-state index in [0.717, 1.165) is 27.5 Å². The third-order valence-corrected chi connectivity index (χ3v) is 6.76. The van der Waals surface area contributed by atoms with E-state index in [9.17, 15) is 13.5 Å². The zero-order valence-electron chi connectivity index (χ0n) is 17.9. The first kappa shape index (κ1) is 21.3. The van der Waals surface area contributed by atoms with Gasteiger partial charge in [-0.2, -0.15) is 0 Å². The maximum absolute atomic E-state index is 12.4. The Kier molecular flexibility index (Phi) is 5.23. The number of nitrogens with one attached hydrogen (secondary N) is 1. The highest BCUT2D eigenvalue weighted by atomic mass is 32.2. The fourth-order valence-electron chi connectivity index (χ4n) is 3.46. The van der Waals surface area contributed by atoms with Crippen LogP contribution in [-0.2, 0) is 9.84 Å². The van der Waals surface area contributed by atoms with Crippen LogP contribution in [0, 0.1) is 6.92 Å². The van der Waals surface area contributed by atoms with Crippen LogP contribution in [0.5, 0.6) is 5.88 Å². The number of aryl methyl sites for hydroxylation is 1. The molecule has 0 radical (unpaired) electrons. The molecule has 8 heteroatoms. The third-order valence-electron chi connectivity index (χ3n) is 5.03. The predicted molar refractivity (Wildman–Crippen MR) is 121 cm³/mol. The van der Waals surface area contributed by atoms with Crippen molar-refractivity contribution in [3.05, 3.63) is 48.3 Å². The first-order valence-corrected chi connectivity index (χ1v) is 11.7. The van der Waals surface area contributed by atoms with Crippen molar-refractivity contribution < 1.29 is 18.3 Å². The first-order chi connectivity index (χ1) is 14.6. The molecular weight excluding hydrogens is 414 g/mol. The second kappa shape index (κ2) is 7.62. The van der Waals surface area contributed by atoms with E-state index in [1.54, 1.807) is 51.4 Å². The molecule has 0 saturated heterocycles. The maximum atomic E-state index is 12.4. The average Bonchev–Trinajstić information content (AvgIpc) is 3.10. The van der Waals surface area contributed by atoms with E-state index in [1.165, 1.54) is 0 Å². The van der Waals surface area contributed by atoms with Gasteiger partial charge < -0.3 is 14.8 Å². The second-order valence-corrected chi connectivity index (χ2v) is 10.6. The minimum atomic E-state index is -3.34. The molecule has 0 aliphatic carbocycles. The molecule has 0 aliphatic heterocycles. The first-order valence-electron chi connectivity index (χ1n) is 10.0. The molecule has 0 spiro atoms. The van der Waals surface area contributed by atoms with Gasteiger partial charge in [0.25, 0.3) is 0 Å². The number of ether oxygens (including phenoxy) is 1. The van der Waals surface area contributed by atoms with Crippen LogP contribution in [0.25, 0.3) is 33.1 Å². The van der Waals surface area contributed by atoms with Crippen LogP contribution in [-0.4, -0.2) is 46.4 Å². The highest BCUT2D eigenvalue weighted by Gasteiger charge is 2.21. The summed E-state index contributed by atoms with van der Waals surface area (Å²) in [6.07, 6.45) is 3.45. The number of sulfone groups is 1. The van der Waals surface area contributed by atoms with E-state index >= 15 is 0 Å². The molecule has 7 nitrogen and oxygen atoms in total. The van der Waals surface area contributed by atoms with Gasteiger partial charge in [0.15, 0.2) is 9.84 Å². The van der Waals surface area contributed by atoms with E-state index in [0.29, 0.717) is 17.0 Å². The number of benzene rings is 1. The van der Waals surface area contributed by atoms with E-state index < -0.39 is 15.4 Å². The molecule has 0 unspecified atom stereocenters. The number of nitrogens with zero attached hydrogens (tertiary/aromatic N) is 2. The van der Waals surface area contributed by atoms with Crippen molar-refractivity contribution in [3.8, 4) is 17.0 Å². The van der Waals surface area contributed by atoms with Crippen LogP contribution in [0.4, 0.5) is 0 Å². The molecular formula is C23H25N3O4S. The Hall–Kier alpha value is -2.97. The molecule has 0 aliphatic rings. The van der Waals surface area contributed by atoms with Crippen molar-refractivity contribution >= 4 is 31.8 Å². The van der Waals surface area contributed by atoms with Gasteiger partial charge in [0.05, 0.1) is 16.2 Å². The smallest absolute Gasteiger partial charge is 0.238 e. The predicted octanol–water partition coefficient (Wildman–Crippen LogP) is 4.03. The summed E-state index contributed by atoms with van der Waals surface area (Å²) in [6.45, 7) is 6.99. The molecule has 4 aromatic rings. The molecule has 162 valence electrons. The summed E-state index contributed by atoms with van der Waals surface area (Å²) in [7, 11) is -3.34. The summed E-state index contributed by atoms with van der Waals surface area (Å²) < 4.78 is 30.6. The Bertz CT molecular complexity index is 1390. The van der Waals surface area contributed by atoms with Gasteiger partial charge in [-0.1, -0.05) is 19.1 Å². The second-order valence-electron chi connectivity index (χ2n) is 8.29. The molecule has 0 fully saturated rings. The standard InChI is InChI=1S/C23H25N3O4S/c1-5-31(28,29)16-8-6-7-15(10-16)18-12-25-22(30-13-23(3,4)27)20-19(18)17-9-14(2)11-24-21(17)26-20/h6-12,27H,5,13H2,1-4H3,(H,24,26). The van der Waals surface area contributed by atoms with Crippen molar-refractivity contribution in [2.75, 3.05) is 12.4 Å². The van der Waals surface area contributed by atoms with Gasteiger partial charge >= 0.3 is 0 Å². The Labute approximate surface area is 181 Å². The summed E-state index contributed by atoms with van der Waals surface area (Å²) >= 11 is 0. The molecule has 0 atom stereocenters. The Balaban J connectivity index is 1.98. The van der Waals surface area contributed by atoms with Crippen molar-refractivity contribution in [2.45, 2.75) is 38.2 Å². The lowest BCUT2D eigenvalue weighted by Gasteiger charge is -2.18. The van der Waals surface area contributed by atoms with Crippen molar-refractivity contribution in [3.63, 3.8) is 0 Å². The van der Waals surface area contributed by atoms with Gasteiger partial charge in [-0.3, -0.25) is 0 Å². The van der Waals surface area contributed by atoms with Gasteiger partial charge in [0.2, 0.25) is 5.88 Å². The molecule has 2 N–H and O–H groups in total. The number of aromatic amines is 1. The van der Waals surface area contributed by atoms with Gasteiger partial charge in [-0.05, 0) is 50.1 Å². The number of hydrogen-bond donors (Lipinski definition) is 2. The highest BCUT2D eigenvalue weighted by Crippen LogP contribution is 2.38. The average molecular weight is 440 g/mol. The lowest BCUT2D eigenvalue weighted by Crippen LogP contribution is -2.28. The molecule has 31 heavy (non-hydrogen) atoms. The lowest BCUT2D eigenvalue weighted by molar-refractivity contribution is 0.0274. The SMILES string of the molecule is CCS(=O)(=O)c1cccc(-c2cnc(OCC(C)(C)O)c3[nH]c4ncc(C)cc4c23)c1.